The molecule has 0 aliphatic carbocycles. The number of carboxylic acids is 1. The molecule has 2 aliphatic rings. The summed E-state index contributed by atoms with van der Waals surface area (Å²) in [5.74, 6) is -0.424. The average molecular weight is 926 g/mol. The Bertz CT molecular complexity index is 2940. The van der Waals surface area contributed by atoms with Crippen LogP contribution >= 0.6 is 46.3 Å². The van der Waals surface area contributed by atoms with Gasteiger partial charge in [0.1, 0.15) is 0 Å². The van der Waals surface area contributed by atoms with Crippen molar-refractivity contribution in [3.8, 4) is 22.8 Å². The Morgan fingerprint density at radius 1 is 0.714 bits per heavy atom. The summed E-state index contributed by atoms with van der Waals surface area (Å²) in [5, 5.41) is 28.6. The Balaban J connectivity index is 0.000000160. The number of esters is 1. The zero-order valence-corrected chi connectivity index (χ0v) is 36.7. The molecule has 8 aromatic rings. The van der Waals surface area contributed by atoms with Crippen LogP contribution in [0.4, 0.5) is 21.6 Å². The van der Waals surface area contributed by atoms with E-state index in [1.54, 1.807) is 48.8 Å². The fourth-order valence-corrected chi connectivity index (χ4v) is 9.08. The molecule has 2 unspecified atom stereocenters. The van der Waals surface area contributed by atoms with Gasteiger partial charge < -0.3 is 30.0 Å². The minimum Gasteiger partial charge on any atom is -0.478 e. The number of ether oxygens (including phenoxy) is 3. The van der Waals surface area contributed by atoms with Crippen LogP contribution in [-0.2, 0) is 14.2 Å². The van der Waals surface area contributed by atoms with E-state index in [1.807, 2.05) is 39.7 Å². The maximum absolute atomic E-state index is 11.8. The molecule has 4 aromatic heterocycles. The van der Waals surface area contributed by atoms with E-state index < -0.39 is 11.9 Å². The second-order valence-electron chi connectivity index (χ2n) is 14.6. The number of carboxylic acid groups (broad SMARTS) is 1. The Morgan fingerprint density at radius 3 is 1.67 bits per heavy atom. The topological polar surface area (TPSA) is 193 Å². The molecule has 2 saturated heterocycles. The molecule has 322 valence electrons. The monoisotopic (exact) mass is 924 g/mol. The lowest BCUT2D eigenvalue weighted by Gasteiger charge is -2.23. The summed E-state index contributed by atoms with van der Waals surface area (Å²) in [7, 11) is 1.35. The third-order valence-electron chi connectivity index (χ3n) is 10.5. The number of aromatic carboxylic acids is 1. The average Bonchev–Trinajstić information content (AvgIpc) is 4.16. The second kappa shape index (κ2) is 18.8. The van der Waals surface area contributed by atoms with Crippen molar-refractivity contribution in [1.29, 1.82) is 0 Å². The molecule has 0 amide bonds. The van der Waals surface area contributed by atoms with Gasteiger partial charge in [0.2, 0.25) is 10.3 Å². The van der Waals surface area contributed by atoms with Gasteiger partial charge in [-0.25, -0.2) is 19.0 Å². The Hall–Kier alpha value is -6.02. The number of benzene rings is 4. The first-order valence-electron chi connectivity index (χ1n) is 20.0. The van der Waals surface area contributed by atoms with E-state index in [0.717, 1.165) is 79.1 Å². The fraction of sp³-hybridized carbons (Fsp3) is 0.256. The number of carbonyl (C=O) groups excluding carboxylic acids is 1. The molecule has 16 nitrogen and oxygen atoms in total. The second-order valence-corrected chi connectivity index (χ2v) is 16.9. The van der Waals surface area contributed by atoms with Crippen molar-refractivity contribution in [2.75, 3.05) is 31.0 Å². The third-order valence-corrected chi connectivity index (χ3v) is 12.6. The molecule has 6 heterocycles. The van der Waals surface area contributed by atoms with Gasteiger partial charge in [0.15, 0.2) is 24.1 Å². The first kappa shape index (κ1) is 42.3. The smallest absolute Gasteiger partial charge is 0.337 e. The van der Waals surface area contributed by atoms with E-state index in [1.165, 1.54) is 36.2 Å². The van der Waals surface area contributed by atoms with E-state index in [-0.39, 0.29) is 18.0 Å². The van der Waals surface area contributed by atoms with Crippen LogP contribution < -0.4 is 10.6 Å². The maximum Gasteiger partial charge on any atom is 0.337 e. The van der Waals surface area contributed by atoms with Crippen molar-refractivity contribution in [3.63, 3.8) is 0 Å². The van der Waals surface area contributed by atoms with Crippen LogP contribution in [0.15, 0.2) is 85.2 Å². The SMILES string of the molecule is COC(=O)c1cccc(-c2nsc(Nc3ccc4c(cnn4C4CCCCO4)c3Cl)n2)c1.O=C(O)c1cccc(-c2nsc(Nc3ccc4c(cnn4C4CCCCO4)c3Cl)n2)c1. The van der Waals surface area contributed by atoms with E-state index in [9.17, 15) is 14.7 Å². The molecule has 2 aliphatic heterocycles. The van der Waals surface area contributed by atoms with E-state index in [4.69, 9.17) is 37.4 Å². The van der Waals surface area contributed by atoms with E-state index >= 15 is 0 Å². The summed E-state index contributed by atoms with van der Waals surface area (Å²) in [6.07, 6.45) is 9.70. The molecular weight excluding hydrogens is 888 g/mol. The number of rotatable bonds is 10. The fourth-order valence-electron chi connectivity index (χ4n) is 7.37. The minimum absolute atomic E-state index is 0.0531. The number of hydrogen-bond acceptors (Lipinski definition) is 15. The lowest BCUT2D eigenvalue weighted by molar-refractivity contribution is -0.0367. The standard InChI is InChI=1S/C22H20ClN5O3S.C21H18ClN5O3S/c1-30-21(29)14-6-4-5-13(11-14)20-26-22(32-27-20)25-16-8-9-17-15(19(16)23)12-24-28(17)18-7-2-3-10-31-18;22-18-14-11-23-27(17-6-1-2-9-30-17)16(14)8-7-15(18)24-21-25-19(26-31-21)12-4-3-5-13(10-12)20(28)29/h4-6,8-9,11-12,18H,2-3,7,10H2,1H3,(H,25,26,27);3-5,7-8,10-11,17H,1-2,6,9H2,(H,28,29)(H,24,25,26). The maximum atomic E-state index is 11.8. The summed E-state index contributed by atoms with van der Waals surface area (Å²) in [4.78, 5) is 32.0. The number of methoxy groups -OCH3 is 1. The number of halogens is 2. The van der Waals surface area contributed by atoms with Gasteiger partial charge >= 0.3 is 11.9 Å². The van der Waals surface area contributed by atoms with Crippen LogP contribution in [0.1, 0.15) is 71.7 Å². The highest BCUT2D eigenvalue weighted by molar-refractivity contribution is 7.10. The van der Waals surface area contributed by atoms with Gasteiger partial charge in [-0.15, -0.1) is 0 Å². The Morgan fingerprint density at radius 2 is 1.21 bits per heavy atom. The predicted molar refractivity (Wildman–Crippen MR) is 243 cm³/mol. The van der Waals surface area contributed by atoms with E-state index in [2.05, 4.69) is 39.5 Å². The molecule has 2 atom stereocenters. The largest absolute Gasteiger partial charge is 0.478 e. The summed E-state index contributed by atoms with van der Waals surface area (Å²) < 4.78 is 29.0. The quantitative estimate of drug-likeness (QED) is 0.110. The molecule has 2 fully saturated rings. The number of nitrogens with one attached hydrogen (secondary N) is 2. The third kappa shape index (κ3) is 9.09. The van der Waals surface area contributed by atoms with Gasteiger partial charge in [-0.1, -0.05) is 47.5 Å². The van der Waals surface area contributed by atoms with Crippen molar-refractivity contribution in [1.82, 2.24) is 38.3 Å². The zero-order chi connectivity index (χ0) is 43.5. The number of hydrogen-bond donors (Lipinski definition) is 3. The van der Waals surface area contributed by atoms with Crippen molar-refractivity contribution in [2.24, 2.45) is 0 Å². The highest BCUT2D eigenvalue weighted by Gasteiger charge is 2.22. The molecule has 0 radical (unpaired) electrons. The lowest BCUT2D eigenvalue weighted by atomic mass is 10.1. The van der Waals surface area contributed by atoms with Crippen LogP contribution in [0.25, 0.3) is 44.6 Å². The summed E-state index contributed by atoms with van der Waals surface area (Å²) in [6.45, 7) is 1.50. The highest BCUT2D eigenvalue weighted by atomic mass is 35.5. The van der Waals surface area contributed by atoms with Crippen molar-refractivity contribution in [3.05, 3.63) is 106 Å². The van der Waals surface area contributed by atoms with Crippen LogP contribution in [0.3, 0.4) is 0 Å². The number of fused-ring (bicyclic) bond motifs is 2. The summed E-state index contributed by atoms with van der Waals surface area (Å²) in [5.41, 5.74) is 5.27. The van der Waals surface area contributed by atoms with Gasteiger partial charge in [-0.3, -0.25) is 0 Å². The van der Waals surface area contributed by atoms with Crippen molar-refractivity contribution < 1.29 is 28.9 Å². The summed E-state index contributed by atoms with van der Waals surface area (Å²) >= 11 is 15.7. The number of nitrogens with zero attached hydrogens (tertiary/aromatic N) is 8. The Kier molecular flexibility index (Phi) is 12.6. The van der Waals surface area contributed by atoms with Gasteiger partial charge in [-0.05, 0) is 87.1 Å². The first-order valence-corrected chi connectivity index (χ1v) is 22.3. The Labute approximate surface area is 378 Å². The number of aromatic nitrogens is 8. The lowest BCUT2D eigenvalue weighted by Crippen LogP contribution is -2.18. The van der Waals surface area contributed by atoms with Gasteiger partial charge in [0, 0.05) is 58.2 Å². The minimum atomic E-state index is -0.991. The molecule has 4 aromatic carbocycles. The molecule has 0 spiro atoms. The molecule has 20 heteroatoms. The molecule has 3 N–H and O–H groups in total. The number of anilines is 4. The first-order chi connectivity index (χ1) is 30.7. The van der Waals surface area contributed by atoms with Gasteiger partial charge in [0.25, 0.3) is 0 Å². The molecule has 63 heavy (non-hydrogen) atoms. The zero-order valence-electron chi connectivity index (χ0n) is 33.5. The molecule has 0 bridgehead atoms. The van der Waals surface area contributed by atoms with Crippen molar-refractivity contribution >= 4 is 102 Å². The molecule has 10 rings (SSSR count). The molecule has 0 saturated carbocycles. The van der Waals surface area contributed by atoms with Crippen LogP contribution in [0.2, 0.25) is 10.0 Å². The normalized spacial score (nSPS) is 16.4. The summed E-state index contributed by atoms with van der Waals surface area (Å²) in [6, 6.07) is 21.3. The van der Waals surface area contributed by atoms with Crippen molar-refractivity contribution in [2.45, 2.75) is 51.0 Å². The van der Waals surface area contributed by atoms with Gasteiger partial charge in [0.05, 0.1) is 63.1 Å². The van der Waals surface area contributed by atoms with E-state index in [0.29, 0.717) is 54.5 Å². The number of carbonyl (C=O) groups is 2. The van der Waals surface area contributed by atoms with Gasteiger partial charge in [-0.2, -0.15) is 28.9 Å². The van der Waals surface area contributed by atoms with Crippen LogP contribution in [0, 0.1) is 0 Å². The van der Waals surface area contributed by atoms with Crippen LogP contribution in [-0.4, -0.2) is 75.6 Å². The highest BCUT2D eigenvalue weighted by Crippen LogP contribution is 2.38. The van der Waals surface area contributed by atoms with Crippen LogP contribution in [0.5, 0.6) is 0 Å². The molecular formula is C43H38Cl2N10O6S2. The predicted octanol–water partition coefficient (Wildman–Crippen LogP) is 10.8.